The molecule has 0 aromatic heterocycles. The summed E-state index contributed by atoms with van der Waals surface area (Å²) in [5.41, 5.74) is -0.756. The van der Waals surface area contributed by atoms with E-state index in [0.29, 0.717) is 17.5 Å². The first kappa shape index (κ1) is 25.9. The summed E-state index contributed by atoms with van der Waals surface area (Å²) < 4.78 is 11.3. The van der Waals surface area contributed by atoms with Crippen molar-refractivity contribution in [1.29, 1.82) is 0 Å². The van der Waals surface area contributed by atoms with Crippen molar-refractivity contribution in [2.75, 3.05) is 39.4 Å². The van der Waals surface area contributed by atoms with E-state index in [1.54, 1.807) is 0 Å². The number of nitrogens with zero attached hydrogens (tertiary/aromatic N) is 2. The molecule has 0 saturated carbocycles. The monoisotopic (exact) mass is 458 g/mol. The molecule has 0 aliphatic carbocycles. The zero-order valence-corrected chi connectivity index (χ0v) is 21.3. The number of likely N-dealkylation sites (tertiary alicyclic amines) is 1. The van der Waals surface area contributed by atoms with Crippen molar-refractivity contribution < 1.29 is 19.1 Å². The molecule has 3 rings (SSSR count). The predicted molar refractivity (Wildman–Crippen MR) is 130 cm³/mol. The Bertz CT molecular complexity index is 796. The molecule has 0 amide bonds. The van der Waals surface area contributed by atoms with Crippen molar-refractivity contribution in [3.8, 4) is 0 Å². The predicted octanol–water partition coefficient (Wildman–Crippen LogP) is 3.89. The fraction of sp³-hybridized carbons (Fsp3) is 0.704. The Labute approximate surface area is 199 Å². The zero-order chi connectivity index (χ0) is 24.2. The number of esters is 1. The molecule has 0 spiro atoms. The van der Waals surface area contributed by atoms with Crippen molar-refractivity contribution in [3.05, 3.63) is 35.9 Å². The number of rotatable bonds is 7. The van der Waals surface area contributed by atoms with Crippen LogP contribution < -0.4 is 0 Å². The van der Waals surface area contributed by atoms with Crippen molar-refractivity contribution in [2.45, 2.75) is 77.5 Å². The van der Waals surface area contributed by atoms with Gasteiger partial charge < -0.3 is 9.47 Å². The minimum absolute atomic E-state index is 0.0985. The van der Waals surface area contributed by atoms with Gasteiger partial charge in [-0.15, -0.1) is 0 Å². The third-order valence-corrected chi connectivity index (χ3v) is 7.19. The Morgan fingerprint density at radius 2 is 1.70 bits per heavy atom. The van der Waals surface area contributed by atoms with Gasteiger partial charge in [-0.2, -0.15) is 0 Å². The Morgan fingerprint density at radius 3 is 2.27 bits per heavy atom. The molecular weight excluding hydrogens is 416 g/mol. The molecule has 0 bridgehead atoms. The van der Waals surface area contributed by atoms with E-state index in [9.17, 15) is 9.59 Å². The number of benzene rings is 1. The summed E-state index contributed by atoms with van der Waals surface area (Å²) in [4.78, 5) is 32.1. The molecule has 184 valence electrons. The van der Waals surface area contributed by atoms with Crippen molar-refractivity contribution in [3.63, 3.8) is 0 Å². The first-order chi connectivity index (χ1) is 15.5. The molecule has 2 fully saturated rings. The zero-order valence-electron chi connectivity index (χ0n) is 21.3. The highest BCUT2D eigenvalue weighted by atomic mass is 16.6. The van der Waals surface area contributed by atoms with Gasteiger partial charge >= 0.3 is 5.97 Å². The number of piperidine rings is 1. The Balaban J connectivity index is 1.86. The van der Waals surface area contributed by atoms with Gasteiger partial charge in [-0.05, 0) is 59.1 Å². The number of Topliss-reactive ketones (excluding diaryl/α,β-unsaturated/α-hetero) is 1. The van der Waals surface area contributed by atoms with Gasteiger partial charge in [0, 0.05) is 25.7 Å². The molecule has 0 N–H and O–H groups in total. The van der Waals surface area contributed by atoms with Gasteiger partial charge in [-0.1, -0.05) is 43.7 Å². The van der Waals surface area contributed by atoms with Crippen LogP contribution >= 0.6 is 0 Å². The van der Waals surface area contributed by atoms with Crippen LogP contribution in [0.2, 0.25) is 0 Å². The number of ketones is 1. The molecule has 2 saturated heterocycles. The molecule has 6 nitrogen and oxygen atoms in total. The molecule has 1 aromatic rings. The smallest absolute Gasteiger partial charge is 0.321 e. The van der Waals surface area contributed by atoms with E-state index in [4.69, 9.17) is 9.47 Å². The molecule has 3 atom stereocenters. The number of carbonyl (C=O) groups excluding carboxylic acids is 2. The maximum atomic E-state index is 14.0. The highest BCUT2D eigenvalue weighted by molar-refractivity contribution is 6.08. The first-order valence-corrected chi connectivity index (χ1v) is 12.4. The van der Waals surface area contributed by atoms with E-state index < -0.39 is 23.0 Å². The normalized spacial score (nSPS) is 24.3. The second kappa shape index (κ2) is 10.7. The van der Waals surface area contributed by atoms with E-state index >= 15 is 0 Å². The van der Waals surface area contributed by atoms with Gasteiger partial charge in [0.05, 0.1) is 18.8 Å². The average Bonchev–Trinajstić information content (AvgIpc) is 2.78. The van der Waals surface area contributed by atoms with Crippen LogP contribution in [0.15, 0.2) is 30.3 Å². The third kappa shape index (κ3) is 6.23. The Kier molecular flexibility index (Phi) is 8.35. The van der Waals surface area contributed by atoms with E-state index in [0.717, 1.165) is 52.2 Å². The standard InChI is InChI=1S/C27H42N2O4/c1-7-20-13-14-29(19-22(20)28-15-17-32-18-16-28)27(5,6)24(30)23(21-11-9-8-10-12-21)25(31)33-26(2,3)4/h8-12,20,22-23H,7,13-19H2,1-6H3. The molecular formula is C27H42N2O4. The quantitative estimate of drug-likeness (QED) is 0.456. The van der Waals surface area contributed by atoms with Gasteiger partial charge in [-0.25, -0.2) is 0 Å². The maximum absolute atomic E-state index is 14.0. The van der Waals surface area contributed by atoms with Crippen LogP contribution in [0.5, 0.6) is 0 Å². The van der Waals surface area contributed by atoms with Crippen LogP contribution in [0.25, 0.3) is 0 Å². The summed E-state index contributed by atoms with van der Waals surface area (Å²) in [6.07, 6.45) is 2.19. The lowest BCUT2D eigenvalue weighted by atomic mass is 9.80. The van der Waals surface area contributed by atoms with Crippen molar-refractivity contribution in [1.82, 2.24) is 9.80 Å². The SMILES string of the molecule is CCC1CCN(C(C)(C)C(=O)C(C(=O)OC(C)(C)C)c2ccccc2)CC1N1CCOCC1. The topological polar surface area (TPSA) is 59.1 Å². The largest absolute Gasteiger partial charge is 0.459 e. The number of morpholine rings is 1. The average molecular weight is 459 g/mol. The lowest BCUT2D eigenvalue weighted by molar-refractivity contribution is -0.160. The maximum Gasteiger partial charge on any atom is 0.321 e. The highest BCUT2D eigenvalue weighted by Gasteiger charge is 2.46. The van der Waals surface area contributed by atoms with E-state index in [1.807, 2.05) is 65.0 Å². The molecule has 1 aromatic carbocycles. The molecule has 3 unspecified atom stereocenters. The van der Waals surface area contributed by atoms with Gasteiger partial charge in [0.15, 0.2) is 5.78 Å². The molecule has 0 radical (unpaired) electrons. The van der Waals surface area contributed by atoms with Gasteiger partial charge in [0.1, 0.15) is 11.5 Å². The third-order valence-electron chi connectivity index (χ3n) is 7.19. The number of ether oxygens (including phenoxy) is 2. The van der Waals surface area contributed by atoms with Crippen molar-refractivity contribution >= 4 is 11.8 Å². The Hall–Kier alpha value is -1.76. The summed E-state index contributed by atoms with van der Waals surface area (Å²) in [6.45, 7) is 16.8. The first-order valence-electron chi connectivity index (χ1n) is 12.4. The van der Waals surface area contributed by atoms with E-state index in [1.165, 1.54) is 0 Å². The summed E-state index contributed by atoms with van der Waals surface area (Å²) in [6, 6.07) is 9.73. The van der Waals surface area contributed by atoms with Crippen LogP contribution in [-0.2, 0) is 19.1 Å². The molecule has 33 heavy (non-hydrogen) atoms. The van der Waals surface area contributed by atoms with Gasteiger partial charge in [0.2, 0.25) is 0 Å². The highest BCUT2D eigenvalue weighted by Crippen LogP contribution is 2.34. The lowest BCUT2D eigenvalue weighted by Gasteiger charge is -2.50. The fourth-order valence-electron chi connectivity index (χ4n) is 5.20. The number of hydrogen-bond acceptors (Lipinski definition) is 6. The van der Waals surface area contributed by atoms with Gasteiger partial charge in [-0.3, -0.25) is 19.4 Å². The molecule has 6 heteroatoms. The van der Waals surface area contributed by atoms with Gasteiger partial charge in [0.25, 0.3) is 0 Å². The summed E-state index contributed by atoms with van der Waals surface area (Å²) >= 11 is 0. The molecule has 2 heterocycles. The molecule has 2 aliphatic heterocycles. The molecule has 2 aliphatic rings. The van der Waals surface area contributed by atoms with E-state index in [2.05, 4.69) is 16.7 Å². The number of carbonyl (C=O) groups is 2. The Morgan fingerprint density at radius 1 is 1.06 bits per heavy atom. The lowest BCUT2D eigenvalue weighted by Crippen LogP contribution is -2.62. The van der Waals surface area contributed by atoms with Crippen LogP contribution in [-0.4, -0.2) is 78.1 Å². The second-order valence-corrected chi connectivity index (χ2v) is 10.9. The van der Waals surface area contributed by atoms with E-state index in [-0.39, 0.29) is 5.78 Å². The summed E-state index contributed by atoms with van der Waals surface area (Å²) in [5, 5.41) is 0. The van der Waals surface area contributed by atoms with Crippen molar-refractivity contribution in [2.24, 2.45) is 5.92 Å². The van der Waals surface area contributed by atoms with Crippen LogP contribution in [0, 0.1) is 5.92 Å². The summed E-state index contributed by atoms with van der Waals surface area (Å²) in [5.74, 6) is -0.897. The number of hydrogen-bond donors (Lipinski definition) is 0. The summed E-state index contributed by atoms with van der Waals surface area (Å²) in [7, 11) is 0. The second-order valence-electron chi connectivity index (χ2n) is 10.9. The van der Waals surface area contributed by atoms with Crippen LogP contribution in [0.3, 0.4) is 0 Å². The van der Waals surface area contributed by atoms with Crippen LogP contribution in [0.1, 0.15) is 65.9 Å². The minimum atomic E-state index is -0.939. The fourth-order valence-corrected chi connectivity index (χ4v) is 5.20. The minimum Gasteiger partial charge on any atom is -0.459 e. The van der Waals surface area contributed by atoms with Crippen LogP contribution in [0.4, 0.5) is 0 Å².